The summed E-state index contributed by atoms with van der Waals surface area (Å²) in [4.78, 5) is 6.22. The predicted molar refractivity (Wildman–Crippen MR) is 79.1 cm³/mol. The monoisotopic (exact) mass is 315 g/mol. The molecule has 1 aromatic heterocycles. The SMILES string of the molecule is CCN1CCOC(CNS(=O)(=O)c2ccc(NN)nc2)C1. The number of anilines is 1. The molecule has 1 unspecified atom stereocenters. The lowest BCUT2D eigenvalue weighted by Gasteiger charge is -2.32. The molecule has 9 heteroatoms. The highest BCUT2D eigenvalue weighted by Gasteiger charge is 2.22. The highest BCUT2D eigenvalue weighted by Crippen LogP contribution is 2.11. The van der Waals surface area contributed by atoms with Crippen LogP contribution in [-0.2, 0) is 14.8 Å². The molecule has 0 radical (unpaired) electrons. The fraction of sp³-hybridized carbons (Fsp3) is 0.583. The highest BCUT2D eigenvalue weighted by molar-refractivity contribution is 7.89. The zero-order valence-electron chi connectivity index (χ0n) is 11.9. The summed E-state index contributed by atoms with van der Waals surface area (Å²) in [6, 6.07) is 2.95. The summed E-state index contributed by atoms with van der Waals surface area (Å²) in [5, 5.41) is 0. The molecule has 1 fully saturated rings. The summed E-state index contributed by atoms with van der Waals surface area (Å²) in [6.45, 7) is 5.49. The van der Waals surface area contributed by atoms with Gasteiger partial charge in [0.2, 0.25) is 10.0 Å². The summed E-state index contributed by atoms with van der Waals surface area (Å²) in [7, 11) is -3.59. The number of nitrogens with zero attached hydrogens (tertiary/aromatic N) is 2. The molecule has 1 aromatic rings. The van der Waals surface area contributed by atoms with Crippen LogP contribution in [0.25, 0.3) is 0 Å². The van der Waals surface area contributed by atoms with Crippen molar-refractivity contribution in [2.75, 3.05) is 38.2 Å². The molecule has 0 amide bonds. The standard InChI is InChI=1S/C12H21N5O3S/c1-2-17-5-6-20-10(9-17)7-15-21(18,19)11-3-4-12(16-13)14-8-11/h3-4,8,10,15H,2,5-7,9,13H2,1H3,(H,14,16). The number of aromatic nitrogens is 1. The van der Waals surface area contributed by atoms with E-state index in [0.29, 0.717) is 12.4 Å². The number of pyridine rings is 1. The fourth-order valence-corrected chi connectivity index (χ4v) is 3.11. The van der Waals surface area contributed by atoms with Crippen LogP contribution in [0.3, 0.4) is 0 Å². The number of nitrogen functional groups attached to an aromatic ring is 1. The molecule has 1 aliphatic rings. The number of hydrazine groups is 1. The highest BCUT2D eigenvalue weighted by atomic mass is 32.2. The molecule has 2 rings (SSSR count). The van der Waals surface area contributed by atoms with Gasteiger partial charge in [0.05, 0.1) is 12.7 Å². The average Bonchev–Trinajstić information content (AvgIpc) is 2.53. The second kappa shape index (κ2) is 7.14. The van der Waals surface area contributed by atoms with Crippen LogP contribution in [0.15, 0.2) is 23.2 Å². The maximum absolute atomic E-state index is 12.2. The average molecular weight is 315 g/mol. The molecule has 1 aliphatic heterocycles. The van der Waals surface area contributed by atoms with Crippen LogP contribution >= 0.6 is 0 Å². The predicted octanol–water partition coefficient (Wildman–Crippen LogP) is -0.634. The van der Waals surface area contributed by atoms with E-state index in [0.717, 1.165) is 19.6 Å². The largest absolute Gasteiger partial charge is 0.374 e. The van der Waals surface area contributed by atoms with Crippen molar-refractivity contribution in [2.24, 2.45) is 5.84 Å². The van der Waals surface area contributed by atoms with Crippen LogP contribution < -0.4 is 16.0 Å². The van der Waals surface area contributed by atoms with E-state index >= 15 is 0 Å². The van der Waals surface area contributed by atoms with Gasteiger partial charge in [-0.2, -0.15) is 0 Å². The number of ether oxygens (including phenoxy) is 1. The summed E-state index contributed by atoms with van der Waals surface area (Å²) in [5.41, 5.74) is 2.35. The van der Waals surface area contributed by atoms with Crippen LogP contribution in [0, 0.1) is 0 Å². The summed E-state index contributed by atoms with van der Waals surface area (Å²) >= 11 is 0. The van der Waals surface area contributed by atoms with Gasteiger partial charge < -0.3 is 10.2 Å². The number of nitrogens with one attached hydrogen (secondary N) is 2. The van der Waals surface area contributed by atoms with E-state index in [4.69, 9.17) is 10.6 Å². The Morgan fingerprint density at radius 2 is 2.33 bits per heavy atom. The molecule has 1 atom stereocenters. The van der Waals surface area contributed by atoms with Crippen molar-refractivity contribution in [1.29, 1.82) is 0 Å². The second-order valence-electron chi connectivity index (χ2n) is 4.76. The van der Waals surface area contributed by atoms with Crippen LogP contribution in [0.4, 0.5) is 5.82 Å². The molecule has 8 nitrogen and oxygen atoms in total. The zero-order chi connectivity index (χ0) is 15.3. The molecule has 21 heavy (non-hydrogen) atoms. The minimum absolute atomic E-state index is 0.102. The number of morpholine rings is 1. The quantitative estimate of drug-likeness (QED) is 0.473. The van der Waals surface area contributed by atoms with Gasteiger partial charge in [0.25, 0.3) is 0 Å². The Morgan fingerprint density at radius 1 is 1.52 bits per heavy atom. The van der Waals surface area contributed by atoms with E-state index in [9.17, 15) is 8.42 Å². The van der Waals surface area contributed by atoms with Gasteiger partial charge in [-0.3, -0.25) is 4.90 Å². The topological polar surface area (TPSA) is 110 Å². The lowest BCUT2D eigenvalue weighted by atomic mass is 10.3. The third-order valence-electron chi connectivity index (χ3n) is 3.37. The van der Waals surface area contributed by atoms with Gasteiger partial charge in [-0.25, -0.2) is 24.0 Å². The van der Waals surface area contributed by atoms with Gasteiger partial charge in [-0.05, 0) is 18.7 Å². The van der Waals surface area contributed by atoms with Gasteiger partial charge in [0.15, 0.2) is 0 Å². The van der Waals surface area contributed by atoms with Crippen molar-refractivity contribution >= 4 is 15.8 Å². The number of hydrogen-bond donors (Lipinski definition) is 3. The third kappa shape index (κ3) is 4.35. The lowest BCUT2D eigenvalue weighted by Crippen LogP contribution is -2.47. The Hall–Kier alpha value is -1.26. The Kier molecular flexibility index (Phi) is 5.48. The van der Waals surface area contributed by atoms with Crippen molar-refractivity contribution in [3.05, 3.63) is 18.3 Å². The maximum atomic E-state index is 12.2. The molecule has 1 saturated heterocycles. The van der Waals surface area contributed by atoms with Crippen LogP contribution in [-0.4, -0.2) is 57.2 Å². The maximum Gasteiger partial charge on any atom is 0.242 e. The van der Waals surface area contributed by atoms with E-state index in [1.54, 1.807) is 0 Å². The first kappa shape index (κ1) is 16.1. The van der Waals surface area contributed by atoms with Gasteiger partial charge in [0, 0.05) is 25.8 Å². The number of likely N-dealkylation sites (N-methyl/N-ethyl adjacent to an activating group) is 1. The summed E-state index contributed by atoms with van der Waals surface area (Å²) in [5.74, 6) is 5.60. The van der Waals surface area contributed by atoms with Crippen LogP contribution in [0.1, 0.15) is 6.92 Å². The molecule has 2 heterocycles. The van der Waals surface area contributed by atoms with Gasteiger partial charge >= 0.3 is 0 Å². The van der Waals surface area contributed by atoms with Crippen molar-refractivity contribution in [3.63, 3.8) is 0 Å². The molecule has 0 aromatic carbocycles. The van der Waals surface area contributed by atoms with Crippen LogP contribution in [0.2, 0.25) is 0 Å². The zero-order valence-corrected chi connectivity index (χ0v) is 12.8. The molecule has 4 N–H and O–H groups in total. The lowest BCUT2D eigenvalue weighted by molar-refractivity contribution is -0.0229. The molecular formula is C12H21N5O3S. The summed E-state index contributed by atoms with van der Waals surface area (Å²) < 4.78 is 32.4. The molecule has 118 valence electrons. The van der Waals surface area contributed by atoms with Crippen molar-refractivity contribution < 1.29 is 13.2 Å². The first-order chi connectivity index (χ1) is 10.0. The van der Waals surface area contributed by atoms with E-state index in [2.05, 4.69) is 27.0 Å². The molecule has 0 saturated carbocycles. The van der Waals surface area contributed by atoms with Gasteiger partial charge in [0.1, 0.15) is 10.7 Å². The summed E-state index contributed by atoms with van der Waals surface area (Å²) in [6.07, 6.45) is 1.13. The van der Waals surface area contributed by atoms with Crippen molar-refractivity contribution in [2.45, 2.75) is 17.9 Å². The third-order valence-corrected chi connectivity index (χ3v) is 4.77. The fourth-order valence-electron chi connectivity index (χ4n) is 2.10. The van der Waals surface area contributed by atoms with E-state index < -0.39 is 10.0 Å². The Labute approximate surface area is 124 Å². The first-order valence-corrected chi connectivity index (χ1v) is 8.29. The van der Waals surface area contributed by atoms with E-state index in [1.807, 2.05) is 0 Å². The Morgan fingerprint density at radius 3 is 2.95 bits per heavy atom. The minimum atomic E-state index is -3.59. The van der Waals surface area contributed by atoms with E-state index in [1.165, 1.54) is 18.3 Å². The Bertz CT molecular complexity index is 549. The second-order valence-corrected chi connectivity index (χ2v) is 6.53. The molecular weight excluding hydrogens is 294 g/mol. The molecule has 0 bridgehead atoms. The minimum Gasteiger partial charge on any atom is -0.374 e. The van der Waals surface area contributed by atoms with Gasteiger partial charge in [-0.1, -0.05) is 6.92 Å². The van der Waals surface area contributed by atoms with Crippen LogP contribution in [0.5, 0.6) is 0 Å². The molecule has 0 aliphatic carbocycles. The number of sulfonamides is 1. The molecule has 0 spiro atoms. The van der Waals surface area contributed by atoms with Crippen molar-refractivity contribution in [3.8, 4) is 0 Å². The number of nitrogens with two attached hydrogens (primary N) is 1. The van der Waals surface area contributed by atoms with Gasteiger partial charge in [-0.15, -0.1) is 0 Å². The van der Waals surface area contributed by atoms with Crippen molar-refractivity contribution in [1.82, 2.24) is 14.6 Å². The normalized spacial score (nSPS) is 20.4. The smallest absolute Gasteiger partial charge is 0.242 e. The first-order valence-electron chi connectivity index (χ1n) is 6.81. The Balaban J connectivity index is 1.94. The van der Waals surface area contributed by atoms with E-state index in [-0.39, 0.29) is 17.5 Å². The number of hydrogen-bond acceptors (Lipinski definition) is 7. The number of rotatable bonds is 6.